The third kappa shape index (κ3) is 5.48. The maximum atomic E-state index is 12.4. The molecule has 0 aromatic heterocycles. The molecule has 0 aliphatic rings. The monoisotopic (exact) mass is 310 g/mol. The minimum absolute atomic E-state index is 0.125. The highest BCUT2D eigenvalue weighted by atomic mass is 32.2. The third-order valence-corrected chi connectivity index (χ3v) is 4.42. The van der Waals surface area contributed by atoms with Crippen molar-refractivity contribution >= 4 is 10.0 Å². The molecule has 0 amide bonds. The molecule has 0 aliphatic carbocycles. The van der Waals surface area contributed by atoms with Gasteiger partial charge in [-0.1, -0.05) is 31.8 Å². The van der Waals surface area contributed by atoms with Crippen molar-refractivity contribution in [1.82, 2.24) is 4.72 Å². The van der Waals surface area contributed by atoms with Gasteiger partial charge in [-0.3, -0.25) is 0 Å². The molecule has 0 aliphatic heterocycles. The van der Waals surface area contributed by atoms with Crippen LogP contribution in [0.4, 0.5) is 0 Å². The number of benzene rings is 1. The molecule has 0 fully saturated rings. The first-order valence-corrected chi connectivity index (χ1v) is 8.19. The molecule has 0 saturated carbocycles. The molecular formula is C15H22N2O3S. The van der Waals surface area contributed by atoms with E-state index in [4.69, 9.17) is 10.5 Å². The lowest BCUT2D eigenvalue weighted by atomic mass is 10.1. The Kier molecular flexibility index (Phi) is 6.85. The van der Waals surface area contributed by atoms with Crippen LogP contribution in [0.2, 0.25) is 0 Å². The van der Waals surface area contributed by atoms with Gasteiger partial charge in [-0.25, -0.2) is 13.1 Å². The minimum Gasteiger partial charge on any atom is -0.383 e. The lowest BCUT2D eigenvalue weighted by Crippen LogP contribution is -2.41. The van der Waals surface area contributed by atoms with Crippen LogP contribution in [-0.4, -0.2) is 34.7 Å². The van der Waals surface area contributed by atoms with Crippen LogP contribution in [0.15, 0.2) is 29.2 Å². The summed E-state index contributed by atoms with van der Waals surface area (Å²) in [6.07, 6.45) is 0. The number of nitrogens with two attached hydrogens (primary N) is 1. The van der Waals surface area contributed by atoms with E-state index in [0.29, 0.717) is 12.2 Å². The number of methoxy groups -OCH3 is 1. The highest BCUT2D eigenvalue weighted by molar-refractivity contribution is 7.89. The van der Waals surface area contributed by atoms with Gasteiger partial charge in [0.15, 0.2) is 0 Å². The Balaban J connectivity index is 3.01. The fourth-order valence-corrected chi connectivity index (χ4v) is 3.12. The van der Waals surface area contributed by atoms with E-state index >= 15 is 0 Å². The van der Waals surface area contributed by atoms with Crippen molar-refractivity contribution in [2.75, 3.05) is 20.3 Å². The summed E-state index contributed by atoms with van der Waals surface area (Å²) in [4.78, 5) is 0.188. The van der Waals surface area contributed by atoms with Crippen LogP contribution in [0.1, 0.15) is 19.4 Å². The SMILES string of the molecule is COCC(NS(=O)(=O)c1cccc(C#CCN)c1)C(C)C. The zero-order valence-electron chi connectivity index (χ0n) is 12.6. The molecule has 21 heavy (non-hydrogen) atoms. The Morgan fingerprint density at radius 3 is 2.67 bits per heavy atom. The van der Waals surface area contributed by atoms with Crippen molar-refractivity contribution in [1.29, 1.82) is 0 Å². The highest BCUT2D eigenvalue weighted by Crippen LogP contribution is 2.13. The lowest BCUT2D eigenvalue weighted by Gasteiger charge is -2.21. The third-order valence-electron chi connectivity index (χ3n) is 2.94. The molecule has 0 bridgehead atoms. The van der Waals surface area contributed by atoms with Gasteiger partial charge >= 0.3 is 0 Å². The highest BCUT2D eigenvalue weighted by Gasteiger charge is 2.22. The molecule has 5 nitrogen and oxygen atoms in total. The standard InChI is InChI=1S/C15H22N2O3S/c1-12(2)15(11-20-3)17-21(18,19)14-8-4-6-13(10-14)7-5-9-16/h4,6,8,10,12,15,17H,9,11,16H2,1-3H3. The Morgan fingerprint density at radius 2 is 2.10 bits per heavy atom. The molecule has 1 aromatic rings. The van der Waals surface area contributed by atoms with Crippen LogP contribution < -0.4 is 10.5 Å². The summed E-state index contributed by atoms with van der Waals surface area (Å²) in [5, 5.41) is 0. The van der Waals surface area contributed by atoms with Crippen LogP contribution in [0, 0.1) is 17.8 Å². The van der Waals surface area contributed by atoms with E-state index in [-0.39, 0.29) is 23.4 Å². The van der Waals surface area contributed by atoms with Crippen molar-refractivity contribution < 1.29 is 13.2 Å². The first kappa shape index (κ1) is 17.7. The number of ether oxygens (including phenoxy) is 1. The number of nitrogens with one attached hydrogen (secondary N) is 1. The Bertz CT molecular complexity index is 615. The molecule has 116 valence electrons. The summed E-state index contributed by atoms with van der Waals surface area (Å²) in [5.41, 5.74) is 5.94. The molecule has 1 atom stereocenters. The van der Waals surface area contributed by atoms with Crippen LogP contribution in [0.5, 0.6) is 0 Å². The van der Waals surface area contributed by atoms with Gasteiger partial charge in [0, 0.05) is 18.7 Å². The Hall–Kier alpha value is -1.39. The summed E-state index contributed by atoms with van der Waals surface area (Å²) in [5.74, 6) is 5.66. The largest absolute Gasteiger partial charge is 0.383 e. The molecule has 0 heterocycles. The fourth-order valence-electron chi connectivity index (χ4n) is 1.70. The summed E-state index contributed by atoms with van der Waals surface area (Å²) >= 11 is 0. The number of hydrogen-bond donors (Lipinski definition) is 2. The summed E-state index contributed by atoms with van der Waals surface area (Å²) in [6.45, 7) is 4.44. The van der Waals surface area contributed by atoms with Gasteiger partial charge in [0.25, 0.3) is 0 Å². The van der Waals surface area contributed by atoms with Gasteiger partial charge in [0.2, 0.25) is 10.0 Å². The molecule has 0 radical (unpaired) electrons. The summed E-state index contributed by atoms with van der Waals surface area (Å²) in [7, 11) is -2.05. The minimum atomic E-state index is -3.60. The second-order valence-corrected chi connectivity index (χ2v) is 6.67. The number of hydrogen-bond acceptors (Lipinski definition) is 4. The summed E-state index contributed by atoms with van der Waals surface area (Å²) in [6, 6.07) is 6.21. The predicted molar refractivity (Wildman–Crippen MR) is 83.2 cm³/mol. The van der Waals surface area contributed by atoms with Gasteiger partial charge in [-0.05, 0) is 24.1 Å². The van der Waals surface area contributed by atoms with E-state index in [0.717, 1.165) is 0 Å². The second kappa shape index (κ2) is 8.15. The fraction of sp³-hybridized carbons (Fsp3) is 0.467. The van der Waals surface area contributed by atoms with Crippen molar-refractivity contribution in [3.8, 4) is 11.8 Å². The van der Waals surface area contributed by atoms with Crippen molar-refractivity contribution in [2.24, 2.45) is 11.7 Å². The lowest BCUT2D eigenvalue weighted by molar-refractivity contribution is 0.157. The van der Waals surface area contributed by atoms with E-state index in [9.17, 15) is 8.42 Å². The zero-order chi connectivity index (χ0) is 15.9. The molecular weight excluding hydrogens is 288 g/mol. The smallest absolute Gasteiger partial charge is 0.240 e. The van der Waals surface area contributed by atoms with Gasteiger partial charge in [-0.15, -0.1) is 0 Å². The molecule has 6 heteroatoms. The average Bonchev–Trinajstić information content (AvgIpc) is 2.44. The maximum Gasteiger partial charge on any atom is 0.240 e. The van der Waals surface area contributed by atoms with E-state index in [2.05, 4.69) is 16.6 Å². The Labute approximate surface area is 126 Å². The first-order valence-electron chi connectivity index (χ1n) is 6.71. The Morgan fingerprint density at radius 1 is 1.38 bits per heavy atom. The molecule has 3 N–H and O–H groups in total. The van der Waals surface area contributed by atoms with Crippen LogP contribution in [0.3, 0.4) is 0 Å². The van der Waals surface area contributed by atoms with E-state index in [1.807, 2.05) is 13.8 Å². The van der Waals surface area contributed by atoms with Crippen molar-refractivity contribution in [3.63, 3.8) is 0 Å². The van der Waals surface area contributed by atoms with Crippen LogP contribution in [0.25, 0.3) is 0 Å². The molecule has 1 unspecified atom stereocenters. The topological polar surface area (TPSA) is 81.4 Å². The normalized spacial score (nSPS) is 12.8. The van der Waals surface area contributed by atoms with Crippen LogP contribution in [-0.2, 0) is 14.8 Å². The maximum absolute atomic E-state index is 12.4. The second-order valence-electron chi connectivity index (χ2n) is 4.96. The quantitative estimate of drug-likeness (QED) is 0.766. The first-order chi connectivity index (χ1) is 9.90. The van der Waals surface area contributed by atoms with Gasteiger partial charge < -0.3 is 10.5 Å². The molecule has 0 saturated heterocycles. The van der Waals surface area contributed by atoms with E-state index in [1.54, 1.807) is 25.3 Å². The zero-order valence-corrected chi connectivity index (χ0v) is 13.4. The number of rotatable bonds is 6. The van der Waals surface area contributed by atoms with Gasteiger partial charge in [0.1, 0.15) is 0 Å². The van der Waals surface area contributed by atoms with Gasteiger partial charge in [0.05, 0.1) is 18.0 Å². The van der Waals surface area contributed by atoms with E-state index < -0.39 is 10.0 Å². The molecule has 0 spiro atoms. The van der Waals surface area contributed by atoms with E-state index in [1.165, 1.54) is 6.07 Å². The summed E-state index contributed by atoms with van der Waals surface area (Å²) < 4.78 is 32.5. The average molecular weight is 310 g/mol. The van der Waals surface area contributed by atoms with Crippen LogP contribution >= 0.6 is 0 Å². The predicted octanol–water partition coefficient (Wildman–Crippen LogP) is 0.946. The van der Waals surface area contributed by atoms with Crippen molar-refractivity contribution in [3.05, 3.63) is 29.8 Å². The molecule has 1 aromatic carbocycles. The van der Waals surface area contributed by atoms with Crippen molar-refractivity contribution in [2.45, 2.75) is 24.8 Å². The molecule has 1 rings (SSSR count). The number of sulfonamides is 1. The van der Waals surface area contributed by atoms with Gasteiger partial charge in [-0.2, -0.15) is 0 Å².